The molecule has 166 valence electrons. The van der Waals surface area contributed by atoms with Crippen molar-refractivity contribution in [3.8, 4) is 23.2 Å². The fourth-order valence-electron chi connectivity index (χ4n) is 4.24. The highest BCUT2D eigenvalue weighted by Gasteiger charge is 2.12. The summed E-state index contributed by atoms with van der Waals surface area (Å²) in [7, 11) is 0. The second-order valence-electron chi connectivity index (χ2n) is 8.33. The molecule has 0 bridgehead atoms. The van der Waals surface area contributed by atoms with E-state index in [1.165, 1.54) is 32.4 Å². The lowest BCUT2D eigenvalue weighted by atomic mass is 10.1. The predicted molar refractivity (Wildman–Crippen MR) is 133 cm³/mol. The minimum atomic E-state index is 0.399. The number of anilines is 1. The van der Waals surface area contributed by atoms with Gasteiger partial charge in [-0.05, 0) is 62.3 Å². The maximum Gasteiger partial charge on any atom is 0.163 e. The SMILES string of the molecule is Nc1ncc2ccc(Cl)cc2c1C#Cc1ccc(-c2nncn2CCN2CCCCC2)cc1. The fourth-order valence-corrected chi connectivity index (χ4v) is 4.41. The molecule has 0 atom stereocenters. The van der Waals surface area contributed by atoms with Crippen LogP contribution in [0.15, 0.2) is 55.0 Å². The molecule has 0 aliphatic carbocycles. The Morgan fingerprint density at radius 1 is 0.970 bits per heavy atom. The monoisotopic (exact) mass is 456 g/mol. The van der Waals surface area contributed by atoms with E-state index >= 15 is 0 Å². The molecule has 1 fully saturated rings. The summed E-state index contributed by atoms with van der Waals surface area (Å²) >= 11 is 6.18. The van der Waals surface area contributed by atoms with E-state index in [0.29, 0.717) is 16.4 Å². The van der Waals surface area contributed by atoms with Crippen molar-refractivity contribution in [2.45, 2.75) is 25.8 Å². The molecule has 1 aliphatic rings. The van der Waals surface area contributed by atoms with Crippen LogP contribution in [0.4, 0.5) is 5.82 Å². The van der Waals surface area contributed by atoms with Gasteiger partial charge >= 0.3 is 0 Å². The van der Waals surface area contributed by atoms with E-state index in [2.05, 4.69) is 36.5 Å². The Balaban J connectivity index is 1.35. The van der Waals surface area contributed by atoms with Crippen LogP contribution < -0.4 is 5.73 Å². The summed E-state index contributed by atoms with van der Waals surface area (Å²) < 4.78 is 2.13. The zero-order valence-corrected chi connectivity index (χ0v) is 19.1. The first kappa shape index (κ1) is 21.4. The molecule has 1 saturated heterocycles. The number of nitrogens with two attached hydrogens (primary N) is 1. The molecule has 2 N–H and O–H groups in total. The summed E-state index contributed by atoms with van der Waals surface area (Å²) in [6.45, 7) is 4.29. The molecule has 33 heavy (non-hydrogen) atoms. The van der Waals surface area contributed by atoms with Gasteiger partial charge in [-0.1, -0.05) is 35.9 Å². The number of halogens is 1. The first-order chi connectivity index (χ1) is 16.2. The van der Waals surface area contributed by atoms with E-state index in [1.807, 2.05) is 48.8 Å². The number of nitrogens with zero attached hydrogens (tertiary/aromatic N) is 5. The Morgan fingerprint density at radius 3 is 2.61 bits per heavy atom. The summed E-state index contributed by atoms with van der Waals surface area (Å²) in [6, 6.07) is 13.7. The van der Waals surface area contributed by atoms with Gasteiger partial charge in [0.05, 0.1) is 5.56 Å². The van der Waals surface area contributed by atoms with Crippen molar-refractivity contribution in [3.05, 3.63) is 71.1 Å². The van der Waals surface area contributed by atoms with Crippen LogP contribution >= 0.6 is 11.6 Å². The number of benzene rings is 2. The minimum Gasteiger partial charge on any atom is -0.383 e. The quantitative estimate of drug-likeness (QED) is 0.454. The second kappa shape index (κ2) is 9.62. The highest BCUT2D eigenvalue weighted by molar-refractivity contribution is 6.31. The lowest BCUT2D eigenvalue weighted by molar-refractivity contribution is 0.221. The van der Waals surface area contributed by atoms with Crippen LogP contribution in [0.5, 0.6) is 0 Å². The normalized spacial score (nSPS) is 14.2. The molecular formula is C26H25ClN6. The van der Waals surface area contributed by atoms with E-state index in [0.717, 1.165) is 40.8 Å². The van der Waals surface area contributed by atoms with Gasteiger partial charge in [0.25, 0.3) is 0 Å². The number of hydrogen-bond acceptors (Lipinski definition) is 5. The van der Waals surface area contributed by atoms with Gasteiger partial charge in [-0.2, -0.15) is 0 Å². The molecule has 6 nitrogen and oxygen atoms in total. The van der Waals surface area contributed by atoms with Crippen molar-refractivity contribution in [1.29, 1.82) is 0 Å². The lowest BCUT2D eigenvalue weighted by Crippen LogP contribution is -2.32. The van der Waals surface area contributed by atoms with Gasteiger partial charge in [-0.15, -0.1) is 10.2 Å². The number of rotatable bonds is 4. The second-order valence-corrected chi connectivity index (χ2v) is 8.76. The predicted octanol–water partition coefficient (Wildman–Crippen LogP) is 4.61. The van der Waals surface area contributed by atoms with E-state index in [1.54, 1.807) is 6.20 Å². The molecule has 2 aromatic carbocycles. The summed E-state index contributed by atoms with van der Waals surface area (Å²) in [5.41, 5.74) is 8.71. The van der Waals surface area contributed by atoms with E-state index in [4.69, 9.17) is 17.3 Å². The highest BCUT2D eigenvalue weighted by atomic mass is 35.5. The molecule has 5 rings (SSSR count). The Kier molecular flexibility index (Phi) is 6.25. The number of fused-ring (bicyclic) bond motifs is 1. The van der Waals surface area contributed by atoms with Gasteiger partial charge in [-0.25, -0.2) is 4.98 Å². The molecule has 3 heterocycles. The molecule has 2 aromatic heterocycles. The highest BCUT2D eigenvalue weighted by Crippen LogP contribution is 2.25. The van der Waals surface area contributed by atoms with Crippen molar-refractivity contribution in [1.82, 2.24) is 24.6 Å². The Bertz CT molecular complexity index is 1320. The van der Waals surface area contributed by atoms with Crippen LogP contribution in [0.25, 0.3) is 22.2 Å². The molecule has 4 aromatic rings. The average Bonchev–Trinajstić information content (AvgIpc) is 3.32. The van der Waals surface area contributed by atoms with E-state index in [9.17, 15) is 0 Å². The zero-order valence-electron chi connectivity index (χ0n) is 18.3. The largest absolute Gasteiger partial charge is 0.383 e. The number of pyridine rings is 1. The molecule has 0 radical (unpaired) electrons. The van der Waals surface area contributed by atoms with Crippen molar-refractivity contribution in [2.75, 3.05) is 25.4 Å². The Labute approximate surface area is 198 Å². The van der Waals surface area contributed by atoms with Crippen molar-refractivity contribution in [2.24, 2.45) is 0 Å². The van der Waals surface area contributed by atoms with Crippen LogP contribution in [-0.2, 0) is 6.54 Å². The van der Waals surface area contributed by atoms with Crippen LogP contribution in [0, 0.1) is 11.8 Å². The third-order valence-electron chi connectivity index (χ3n) is 6.08. The van der Waals surface area contributed by atoms with Gasteiger partial charge < -0.3 is 15.2 Å². The maximum absolute atomic E-state index is 6.18. The number of piperidine rings is 1. The topological polar surface area (TPSA) is 72.9 Å². The van der Waals surface area contributed by atoms with Crippen molar-refractivity contribution in [3.63, 3.8) is 0 Å². The van der Waals surface area contributed by atoms with Gasteiger partial charge in [-0.3, -0.25) is 0 Å². The molecule has 7 heteroatoms. The molecular weight excluding hydrogens is 432 g/mol. The Hall–Kier alpha value is -3.40. The van der Waals surface area contributed by atoms with Gasteiger partial charge in [0.15, 0.2) is 5.82 Å². The summed E-state index contributed by atoms with van der Waals surface area (Å²) in [5.74, 6) is 7.67. The molecule has 0 unspecified atom stereocenters. The first-order valence-corrected chi connectivity index (χ1v) is 11.6. The number of aromatic nitrogens is 4. The third-order valence-corrected chi connectivity index (χ3v) is 6.31. The number of hydrogen-bond donors (Lipinski definition) is 1. The molecule has 0 amide bonds. The Morgan fingerprint density at radius 2 is 1.79 bits per heavy atom. The van der Waals surface area contributed by atoms with Crippen molar-refractivity contribution >= 4 is 28.2 Å². The first-order valence-electron chi connectivity index (χ1n) is 11.2. The minimum absolute atomic E-state index is 0.399. The van der Waals surface area contributed by atoms with Crippen molar-refractivity contribution < 1.29 is 0 Å². The zero-order chi connectivity index (χ0) is 22.6. The lowest BCUT2D eigenvalue weighted by Gasteiger charge is -2.26. The van der Waals surface area contributed by atoms with E-state index in [-0.39, 0.29) is 0 Å². The van der Waals surface area contributed by atoms with Gasteiger partial charge in [0, 0.05) is 46.2 Å². The molecule has 1 aliphatic heterocycles. The standard InChI is InChI=1S/C26H25ClN6/c27-22-10-9-21-17-29-25(28)23(24(21)16-22)11-6-19-4-7-20(8-5-19)26-31-30-18-33(26)15-14-32-12-2-1-3-13-32/h4-5,7-10,16-18H,1-3,12-15H2,(H2,28,29). The summed E-state index contributed by atoms with van der Waals surface area (Å²) in [6.07, 6.45) is 7.49. The van der Waals surface area contributed by atoms with Gasteiger partial charge in [0.1, 0.15) is 12.1 Å². The smallest absolute Gasteiger partial charge is 0.163 e. The maximum atomic E-state index is 6.18. The van der Waals surface area contributed by atoms with Crippen LogP contribution in [-0.4, -0.2) is 44.3 Å². The fraction of sp³-hybridized carbons (Fsp3) is 0.269. The van der Waals surface area contributed by atoms with Gasteiger partial charge in [0.2, 0.25) is 0 Å². The summed E-state index contributed by atoms with van der Waals surface area (Å²) in [5, 5.41) is 11.0. The van der Waals surface area contributed by atoms with Crippen LogP contribution in [0.3, 0.4) is 0 Å². The van der Waals surface area contributed by atoms with E-state index < -0.39 is 0 Å². The average molecular weight is 457 g/mol. The van der Waals surface area contributed by atoms with Crippen LogP contribution in [0.2, 0.25) is 5.02 Å². The number of nitrogen functional groups attached to an aromatic ring is 1. The third kappa shape index (κ3) is 4.85. The summed E-state index contributed by atoms with van der Waals surface area (Å²) in [4.78, 5) is 6.79. The molecule has 0 spiro atoms. The van der Waals surface area contributed by atoms with Crippen LogP contribution in [0.1, 0.15) is 30.4 Å². The number of likely N-dealkylation sites (tertiary alicyclic amines) is 1. The molecule has 0 saturated carbocycles.